The molecule has 0 aromatic rings. The monoisotopic (exact) mass is 265 g/mol. The van der Waals surface area contributed by atoms with Gasteiger partial charge in [0.05, 0.1) is 0 Å². The Balaban J connectivity index is 3.75. The third-order valence-electron chi connectivity index (χ3n) is 2.41. The highest BCUT2D eigenvalue weighted by Gasteiger charge is 2.29. The normalized spacial score (nSPS) is 14.1. The number of thioether (sulfide) groups is 1. The van der Waals surface area contributed by atoms with Gasteiger partial charge in [-0.25, -0.2) is 0 Å². The van der Waals surface area contributed by atoms with Gasteiger partial charge in [-0.3, -0.25) is 0 Å². The Morgan fingerprint density at radius 2 is 1.81 bits per heavy atom. The molecule has 0 radical (unpaired) electrons. The Labute approximate surface area is 106 Å². The molecule has 0 rings (SSSR count). The molecule has 5 heteroatoms. The van der Waals surface area contributed by atoms with Crippen molar-refractivity contribution in [2.45, 2.75) is 45.0 Å². The van der Waals surface area contributed by atoms with Gasteiger partial charge in [0.15, 0.2) is 0 Å². The van der Waals surface area contributed by atoms with E-state index in [2.05, 4.69) is 13.5 Å². The number of nitrogens with two attached hydrogens (primary N) is 1. The minimum atomic E-state index is -1.88. The second-order valence-corrected chi connectivity index (χ2v) is 8.91. The van der Waals surface area contributed by atoms with Crippen LogP contribution in [-0.2, 0) is 8.85 Å². The summed E-state index contributed by atoms with van der Waals surface area (Å²) in [5.74, 6) is 1.15. The number of hydrogen-bond donors (Lipinski definition) is 1. The Bertz CT molecular complexity index is 166. The lowest BCUT2D eigenvalue weighted by Gasteiger charge is -2.26. The lowest BCUT2D eigenvalue weighted by atomic mass is 10.5. The van der Waals surface area contributed by atoms with Gasteiger partial charge in [-0.1, -0.05) is 6.92 Å². The summed E-state index contributed by atoms with van der Waals surface area (Å²) in [6, 6.07) is 1.08. The number of rotatable bonds is 10. The molecule has 0 amide bonds. The summed E-state index contributed by atoms with van der Waals surface area (Å²) in [5.41, 5.74) is 5.57. The third kappa shape index (κ3) is 7.68. The Morgan fingerprint density at radius 3 is 2.25 bits per heavy atom. The van der Waals surface area contributed by atoms with Crippen molar-refractivity contribution in [1.29, 1.82) is 0 Å². The van der Waals surface area contributed by atoms with Crippen LogP contribution in [0.15, 0.2) is 0 Å². The fourth-order valence-corrected chi connectivity index (χ4v) is 5.06. The van der Waals surface area contributed by atoms with Crippen molar-refractivity contribution in [3.63, 3.8) is 0 Å². The molecule has 0 saturated heterocycles. The van der Waals surface area contributed by atoms with Gasteiger partial charge in [0.1, 0.15) is 0 Å². The second-order valence-electron chi connectivity index (χ2n) is 4.02. The van der Waals surface area contributed by atoms with Crippen LogP contribution in [0.1, 0.15) is 27.2 Å². The molecule has 98 valence electrons. The van der Waals surface area contributed by atoms with Crippen LogP contribution in [0, 0.1) is 0 Å². The summed E-state index contributed by atoms with van der Waals surface area (Å²) < 4.78 is 11.6. The van der Waals surface area contributed by atoms with E-state index in [1.54, 1.807) is 0 Å². The van der Waals surface area contributed by atoms with E-state index in [1.807, 2.05) is 25.6 Å². The van der Waals surface area contributed by atoms with Crippen LogP contribution in [0.3, 0.4) is 0 Å². The van der Waals surface area contributed by atoms with E-state index in [9.17, 15) is 0 Å². The summed E-state index contributed by atoms with van der Waals surface area (Å²) in [4.78, 5) is 0. The zero-order valence-corrected chi connectivity index (χ0v) is 12.9. The first-order chi connectivity index (χ1) is 7.58. The van der Waals surface area contributed by atoms with E-state index >= 15 is 0 Å². The summed E-state index contributed by atoms with van der Waals surface area (Å²) in [6.45, 7) is 10.7. The predicted molar refractivity (Wildman–Crippen MR) is 75.3 cm³/mol. The zero-order valence-electron chi connectivity index (χ0n) is 11.1. The molecule has 0 aromatic heterocycles. The van der Waals surface area contributed by atoms with Gasteiger partial charge in [0.2, 0.25) is 0 Å². The summed E-state index contributed by atoms with van der Waals surface area (Å²) in [5, 5.41) is 0.562. The van der Waals surface area contributed by atoms with Crippen molar-refractivity contribution in [1.82, 2.24) is 0 Å². The molecule has 1 atom stereocenters. The van der Waals surface area contributed by atoms with Crippen LogP contribution < -0.4 is 5.73 Å². The van der Waals surface area contributed by atoms with E-state index in [0.29, 0.717) is 5.25 Å². The van der Waals surface area contributed by atoms with Gasteiger partial charge in [-0.05, 0) is 38.6 Å². The Kier molecular flexibility index (Phi) is 9.74. The van der Waals surface area contributed by atoms with Crippen LogP contribution in [0.5, 0.6) is 0 Å². The molecule has 1 unspecified atom stereocenters. The van der Waals surface area contributed by atoms with Crippen LogP contribution in [0.25, 0.3) is 0 Å². The summed E-state index contributed by atoms with van der Waals surface area (Å²) in [6.07, 6.45) is 1.16. The topological polar surface area (TPSA) is 44.5 Å². The molecule has 0 heterocycles. The van der Waals surface area contributed by atoms with Crippen LogP contribution in [-0.4, -0.2) is 39.3 Å². The van der Waals surface area contributed by atoms with Gasteiger partial charge in [-0.15, -0.1) is 0 Å². The van der Waals surface area contributed by atoms with E-state index in [0.717, 1.165) is 38.0 Å². The molecule has 0 bridgehead atoms. The molecule has 3 nitrogen and oxygen atoms in total. The van der Waals surface area contributed by atoms with Crippen molar-refractivity contribution in [2.75, 3.05) is 25.5 Å². The second kappa shape index (κ2) is 9.47. The molecule has 0 fully saturated rings. The van der Waals surface area contributed by atoms with E-state index in [4.69, 9.17) is 14.6 Å². The predicted octanol–water partition coefficient (Wildman–Crippen LogP) is 2.60. The number of hydrogen-bond acceptors (Lipinski definition) is 4. The average Bonchev–Trinajstić information content (AvgIpc) is 2.25. The maximum atomic E-state index is 5.79. The SMILES string of the molecule is CCO[Si](C)(CCCSC(C)CN)OCC. The van der Waals surface area contributed by atoms with Crippen molar-refractivity contribution in [3.05, 3.63) is 0 Å². The summed E-state index contributed by atoms with van der Waals surface area (Å²) in [7, 11) is -1.88. The molecule has 16 heavy (non-hydrogen) atoms. The first-order valence-corrected chi connectivity index (χ1v) is 9.74. The minimum absolute atomic E-state index is 0.562. The van der Waals surface area contributed by atoms with Crippen molar-refractivity contribution in [3.8, 4) is 0 Å². The molecule has 2 N–H and O–H groups in total. The molecule has 0 aromatic carbocycles. The third-order valence-corrected chi connectivity index (χ3v) is 6.76. The largest absolute Gasteiger partial charge is 0.395 e. The van der Waals surface area contributed by atoms with Crippen LogP contribution >= 0.6 is 11.8 Å². The molecular weight excluding hydrogens is 238 g/mol. The van der Waals surface area contributed by atoms with E-state index < -0.39 is 8.56 Å². The molecule has 0 aliphatic rings. The van der Waals surface area contributed by atoms with Gasteiger partial charge < -0.3 is 14.6 Å². The standard InChI is InChI=1S/C11H27NO2SSi/c1-5-13-16(4,14-6-2)9-7-8-15-11(3)10-12/h11H,5-10,12H2,1-4H3. The fourth-order valence-electron chi connectivity index (χ4n) is 1.54. The highest BCUT2D eigenvalue weighted by molar-refractivity contribution is 7.99. The Hall–Kier alpha value is 0.447. The smallest absolute Gasteiger partial charge is 0.334 e. The fraction of sp³-hybridized carbons (Fsp3) is 1.00. The van der Waals surface area contributed by atoms with Crippen molar-refractivity contribution >= 4 is 20.3 Å². The van der Waals surface area contributed by atoms with E-state index in [-0.39, 0.29) is 0 Å². The molecule has 0 saturated carbocycles. The molecule has 0 spiro atoms. The van der Waals surface area contributed by atoms with Crippen molar-refractivity contribution in [2.24, 2.45) is 5.73 Å². The highest BCUT2D eigenvalue weighted by atomic mass is 32.2. The average molecular weight is 265 g/mol. The first kappa shape index (κ1) is 16.4. The lowest BCUT2D eigenvalue weighted by molar-refractivity contribution is 0.189. The van der Waals surface area contributed by atoms with Gasteiger partial charge in [-0.2, -0.15) is 11.8 Å². The van der Waals surface area contributed by atoms with Gasteiger partial charge in [0.25, 0.3) is 0 Å². The van der Waals surface area contributed by atoms with Crippen LogP contribution in [0.4, 0.5) is 0 Å². The van der Waals surface area contributed by atoms with Crippen LogP contribution in [0.2, 0.25) is 12.6 Å². The molecular formula is C11H27NO2SSi. The van der Waals surface area contributed by atoms with Crippen molar-refractivity contribution < 1.29 is 8.85 Å². The maximum absolute atomic E-state index is 5.79. The highest BCUT2D eigenvalue weighted by Crippen LogP contribution is 2.19. The van der Waals surface area contributed by atoms with Gasteiger partial charge >= 0.3 is 8.56 Å². The lowest BCUT2D eigenvalue weighted by Crippen LogP contribution is -2.38. The maximum Gasteiger partial charge on any atom is 0.334 e. The Morgan fingerprint density at radius 1 is 1.25 bits per heavy atom. The quantitative estimate of drug-likeness (QED) is 0.487. The molecule has 0 aliphatic carbocycles. The zero-order chi connectivity index (χ0) is 12.4. The minimum Gasteiger partial charge on any atom is -0.395 e. The van der Waals surface area contributed by atoms with Gasteiger partial charge in [0, 0.05) is 25.0 Å². The summed E-state index contributed by atoms with van der Waals surface area (Å²) >= 11 is 1.94. The van der Waals surface area contributed by atoms with E-state index in [1.165, 1.54) is 0 Å². The first-order valence-electron chi connectivity index (χ1n) is 6.17. The molecule has 0 aliphatic heterocycles.